The first-order valence-corrected chi connectivity index (χ1v) is 5.32. The van der Waals surface area contributed by atoms with Crippen LogP contribution in [0.2, 0.25) is 0 Å². The molecule has 0 fully saturated rings. The van der Waals surface area contributed by atoms with Gasteiger partial charge in [-0.1, -0.05) is 12.1 Å². The summed E-state index contributed by atoms with van der Waals surface area (Å²) >= 11 is 0. The fraction of sp³-hybridized carbons (Fsp3) is 0.154. The van der Waals surface area contributed by atoms with Gasteiger partial charge in [0.2, 0.25) is 0 Å². The van der Waals surface area contributed by atoms with E-state index in [1.165, 1.54) is 31.2 Å². The highest BCUT2D eigenvalue weighted by Gasteiger charge is 2.18. The van der Waals surface area contributed by atoms with Gasteiger partial charge in [0, 0.05) is 5.56 Å². The van der Waals surface area contributed by atoms with Gasteiger partial charge in [0.15, 0.2) is 11.6 Å². The van der Waals surface area contributed by atoms with Gasteiger partial charge in [-0.15, -0.1) is 0 Å². The number of rotatable bonds is 2. The van der Waals surface area contributed by atoms with Crippen molar-refractivity contribution >= 4 is 0 Å². The molecule has 5 heteroatoms. The summed E-state index contributed by atoms with van der Waals surface area (Å²) in [6, 6.07) is 4.43. The molecule has 0 spiro atoms. The molecule has 1 aromatic carbocycles. The van der Waals surface area contributed by atoms with Crippen LogP contribution in [0.15, 0.2) is 30.5 Å². The number of pyridine rings is 1. The molecule has 0 radical (unpaired) electrons. The summed E-state index contributed by atoms with van der Waals surface area (Å²) in [5.74, 6) is -2.43. The Balaban J connectivity index is 2.43. The highest BCUT2D eigenvalue weighted by atomic mass is 19.2. The third-order valence-corrected chi connectivity index (χ3v) is 2.71. The van der Waals surface area contributed by atoms with Gasteiger partial charge in [-0.05, 0) is 24.6 Å². The lowest BCUT2D eigenvalue weighted by molar-refractivity contribution is 0.488. The summed E-state index contributed by atoms with van der Waals surface area (Å²) in [5.41, 5.74) is 6.27. The van der Waals surface area contributed by atoms with Crippen LogP contribution in [0.4, 0.5) is 13.2 Å². The first-order chi connectivity index (χ1) is 8.50. The second-order valence-corrected chi connectivity index (χ2v) is 3.98. The molecule has 0 saturated heterocycles. The third kappa shape index (κ3) is 2.22. The molecular weight excluding hydrogens is 241 g/mol. The zero-order valence-corrected chi connectivity index (χ0v) is 9.62. The minimum atomic E-state index is -0.992. The lowest BCUT2D eigenvalue weighted by Gasteiger charge is -2.13. The van der Waals surface area contributed by atoms with Crippen LogP contribution < -0.4 is 5.73 Å². The topological polar surface area (TPSA) is 38.9 Å². The Kier molecular flexibility index (Phi) is 3.34. The largest absolute Gasteiger partial charge is 0.319 e. The van der Waals surface area contributed by atoms with E-state index >= 15 is 0 Å². The average Bonchev–Trinajstić information content (AvgIpc) is 2.36. The van der Waals surface area contributed by atoms with Crippen molar-refractivity contribution < 1.29 is 13.2 Å². The van der Waals surface area contributed by atoms with Gasteiger partial charge in [-0.25, -0.2) is 13.2 Å². The Morgan fingerprint density at radius 3 is 2.39 bits per heavy atom. The molecule has 1 atom stereocenters. The molecule has 0 amide bonds. The monoisotopic (exact) mass is 252 g/mol. The van der Waals surface area contributed by atoms with E-state index in [-0.39, 0.29) is 16.8 Å². The summed E-state index contributed by atoms with van der Waals surface area (Å²) in [5, 5.41) is 0. The number of benzene rings is 1. The van der Waals surface area contributed by atoms with E-state index in [1.807, 2.05) is 0 Å². The molecular formula is C13H11F3N2. The highest BCUT2D eigenvalue weighted by Crippen LogP contribution is 2.24. The quantitative estimate of drug-likeness (QED) is 0.892. The maximum Gasteiger partial charge on any atom is 0.164 e. The SMILES string of the molecule is Cc1ccc(C(N)c2ccc(F)cn2)c(F)c1F. The Bertz CT molecular complexity index is 567. The summed E-state index contributed by atoms with van der Waals surface area (Å²) in [6.07, 6.45) is 0.984. The molecule has 0 saturated carbocycles. The minimum Gasteiger partial charge on any atom is -0.319 e. The molecule has 2 nitrogen and oxygen atoms in total. The molecule has 1 aromatic heterocycles. The number of aryl methyl sites for hydroxylation is 1. The lowest BCUT2D eigenvalue weighted by atomic mass is 10.0. The van der Waals surface area contributed by atoms with Crippen LogP contribution in [0.5, 0.6) is 0 Å². The molecule has 2 rings (SSSR count). The van der Waals surface area contributed by atoms with Crippen LogP contribution in [0.3, 0.4) is 0 Å². The van der Waals surface area contributed by atoms with Crippen molar-refractivity contribution in [2.24, 2.45) is 5.73 Å². The van der Waals surface area contributed by atoms with Crippen LogP contribution in [0.1, 0.15) is 22.9 Å². The number of aromatic nitrogens is 1. The minimum absolute atomic E-state index is 0.00259. The Hall–Kier alpha value is -1.88. The number of nitrogens with zero attached hydrogens (tertiary/aromatic N) is 1. The van der Waals surface area contributed by atoms with Crippen LogP contribution >= 0.6 is 0 Å². The smallest absolute Gasteiger partial charge is 0.164 e. The normalized spacial score (nSPS) is 12.5. The van der Waals surface area contributed by atoms with E-state index < -0.39 is 23.5 Å². The summed E-state index contributed by atoms with van der Waals surface area (Å²) in [6.45, 7) is 1.46. The van der Waals surface area contributed by atoms with Crippen molar-refractivity contribution in [1.82, 2.24) is 4.98 Å². The highest BCUT2D eigenvalue weighted by molar-refractivity contribution is 5.32. The Morgan fingerprint density at radius 2 is 1.78 bits per heavy atom. The average molecular weight is 252 g/mol. The van der Waals surface area contributed by atoms with Gasteiger partial charge < -0.3 is 5.73 Å². The van der Waals surface area contributed by atoms with E-state index in [4.69, 9.17) is 5.73 Å². The van der Waals surface area contributed by atoms with Crippen LogP contribution in [0.25, 0.3) is 0 Å². The van der Waals surface area contributed by atoms with Gasteiger partial charge in [-0.3, -0.25) is 4.98 Å². The van der Waals surface area contributed by atoms with Gasteiger partial charge in [0.05, 0.1) is 17.9 Å². The van der Waals surface area contributed by atoms with Crippen LogP contribution in [0, 0.1) is 24.4 Å². The molecule has 18 heavy (non-hydrogen) atoms. The van der Waals surface area contributed by atoms with E-state index in [2.05, 4.69) is 4.98 Å². The maximum absolute atomic E-state index is 13.7. The van der Waals surface area contributed by atoms with Crippen molar-refractivity contribution in [2.45, 2.75) is 13.0 Å². The molecule has 2 N–H and O–H groups in total. The lowest BCUT2D eigenvalue weighted by Crippen LogP contribution is -2.16. The zero-order chi connectivity index (χ0) is 13.3. The molecule has 1 unspecified atom stereocenters. The molecule has 0 aliphatic carbocycles. The van der Waals surface area contributed by atoms with E-state index in [1.54, 1.807) is 0 Å². The van der Waals surface area contributed by atoms with Crippen molar-refractivity contribution in [2.75, 3.05) is 0 Å². The number of hydrogen-bond donors (Lipinski definition) is 1. The number of hydrogen-bond acceptors (Lipinski definition) is 2. The number of halogens is 3. The van der Waals surface area contributed by atoms with Crippen molar-refractivity contribution in [3.05, 3.63) is 64.7 Å². The van der Waals surface area contributed by atoms with Gasteiger partial charge in [-0.2, -0.15) is 0 Å². The first-order valence-electron chi connectivity index (χ1n) is 5.32. The predicted molar refractivity (Wildman–Crippen MR) is 61.3 cm³/mol. The van der Waals surface area contributed by atoms with Gasteiger partial charge >= 0.3 is 0 Å². The Labute approximate surface area is 102 Å². The van der Waals surface area contributed by atoms with E-state index in [9.17, 15) is 13.2 Å². The van der Waals surface area contributed by atoms with Crippen LogP contribution in [-0.4, -0.2) is 4.98 Å². The van der Waals surface area contributed by atoms with Gasteiger partial charge in [0.25, 0.3) is 0 Å². The molecule has 94 valence electrons. The second-order valence-electron chi connectivity index (χ2n) is 3.98. The van der Waals surface area contributed by atoms with E-state index in [0.717, 1.165) is 6.20 Å². The van der Waals surface area contributed by atoms with Crippen molar-refractivity contribution in [1.29, 1.82) is 0 Å². The second kappa shape index (κ2) is 4.78. The van der Waals surface area contributed by atoms with Gasteiger partial charge in [0.1, 0.15) is 5.82 Å². The maximum atomic E-state index is 13.7. The number of nitrogens with two attached hydrogens (primary N) is 1. The third-order valence-electron chi connectivity index (χ3n) is 2.71. The molecule has 1 heterocycles. The fourth-order valence-corrected chi connectivity index (χ4v) is 1.63. The molecule has 2 aromatic rings. The first kappa shape index (κ1) is 12.6. The summed E-state index contributed by atoms with van der Waals surface area (Å²) in [7, 11) is 0. The van der Waals surface area contributed by atoms with Crippen molar-refractivity contribution in [3.8, 4) is 0 Å². The zero-order valence-electron chi connectivity index (χ0n) is 9.62. The molecule has 0 aliphatic heterocycles. The molecule has 0 aliphatic rings. The summed E-state index contributed by atoms with van der Waals surface area (Å²) in [4.78, 5) is 3.76. The van der Waals surface area contributed by atoms with E-state index in [0.29, 0.717) is 0 Å². The molecule has 0 bridgehead atoms. The standard InChI is InChI=1S/C13H11F3N2/c1-7-2-4-9(12(16)11(7)15)13(17)10-5-3-8(14)6-18-10/h2-6,13H,17H2,1H3. The Morgan fingerprint density at radius 1 is 1.06 bits per heavy atom. The summed E-state index contributed by atoms with van der Waals surface area (Å²) < 4.78 is 39.9. The fourth-order valence-electron chi connectivity index (χ4n) is 1.63. The van der Waals surface area contributed by atoms with Crippen molar-refractivity contribution in [3.63, 3.8) is 0 Å². The predicted octanol–water partition coefficient (Wildman–Crippen LogP) is 2.86. The van der Waals surface area contributed by atoms with Crippen LogP contribution in [-0.2, 0) is 0 Å².